The van der Waals surface area contributed by atoms with Crippen LogP contribution in [0.3, 0.4) is 0 Å². The van der Waals surface area contributed by atoms with Gasteiger partial charge in [-0.25, -0.2) is 8.78 Å². The van der Waals surface area contributed by atoms with E-state index in [0.29, 0.717) is 17.7 Å². The van der Waals surface area contributed by atoms with Gasteiger partial charge in [-0.3, -0.25) is 0 Å². The maximum Gasteiger partial charge on any atom is 0.131 e. The lowest BCUT2D eigenvalue weighted by atomic mass is 10.0. The molecular weight excluding hydrogens is 370 g/mol. The number of nitrogens with one attached hydrogen (secondary N) is 1. The standard InChI is InChI=1S/C24H22F2N2O/c1-27-14-23(29)24(16-7-6-8-17(25)13-16)28-15-20(18-9-2-4-11-21(18)26)19-10-3-5-12-22(19)28/h2-13,15,23-24,27,29H,14H2,1H3/t23-,24+/m1/s1. The highest BCUT2D eigenvalue weighted by atomic mass is 19.1. The molecule has 4 aromatic rings. The molecule has 0 spiro atoms. The number of aliphatic hydroxyl groups excluding tert-OH is 1. The minimum atomic E-state index is -0.814. The van der Waals surface area contributed by atoms with E-state index in [0.717, 1.165) is 16.5 Å². The highest BCUT2D eigenvalue weighted by Crippen LogP contribution is 2.36. The van der Waals surface area contributed by atoms with Gasteiger partial charge >= 0.3 is 0 Å². The molecule has 4 rings (SSSR count). The summed E-state index contributed by atoms with van der Waals surface area (Å²) in [6, 6.07) is 20.0. The molecule has 3 nitrogen and oxygen atoms in total. The first kappa shape index (κ1) is 19.3. The molecule has 2 atom stereocenters. The Morgan fingerprint density at radius 2 is 1.69 bits per heavy atom. The molecule has 0 aliphatic carbocycles. The fraction of sp³-hybridized carbons (Fsp3) is 0.167. The van der Waals surface area contributed by atoms with Crippen LogP contribution in [0, 0.1) is 11.6 Å². The van der Waals surface area contributed by atoms with Crippen molar-refractivity contribution in [3.63, 3.8) is 0 Å². The third-order valence-corrected chi connectivity index (χ3v) is 5.17. The van der Waals surface area contributed by atoms with Gasteiger partial charge < -0.3 is 15.0 Å². The van der Waals surface area contributed by atoms with Gasteiger partial charge in [0.15, 0.2) is 0 Å². The van der Waals surface area contributed by atoms with Crippen LogP contribution < -0.4 is 5.32 Å². The highest BCUT2D eigenvalue weighted by Gasteiger charge is 2.26. The van der Waals surface area contributed by atoms with Gasteiger partial charge in [-0.05, 0) is 36.9 Å². The number of hydrogen-bond acceptors (Lipinski definition) is 2. The topological polar surface area (TPSA) is 37.2 Å². The van der Waals surface area contributed by atoms with Crippen molar-refractivity contribution in [3.8, 4) is 11.1 Å². The molecule has 2 N–H and O–H groups in total. The summed E-state index contributed by atoms with van der Waals surface area (Å²) in [6.07, 6.45) is 1.03. The van der Waals surface area contributed by atoms with Crippen LogP contribution in [0.2, 0.25) is 0 Å². The summed E-state index contributed by atoms with van der Waals surface area (Å²) in [5.74, 6) is -0.677. The minimum Gasteiger partial charge on any atom is -0.389 e. The molecule has 0 saturated heterocycles. The molecule has 29 heavy (non-hydrogen) atoms. The number of hydrogen-bond donors (Lipinski definition) is 2. The third-order valence-electron chi connectivity index (χ3n) is 5.17. The Labute approximate surface area is 168 Å². The average Bonchev–Trinajstić information content (AvgIpc) is 3.08. The molecule has 0 amide bonds. The zero-order chi connectivity index (χ0) is 20.4. The number of nitrogens with zero attached hydrogens (tertiary/aromatic N) is 1. The van der Waals surface area contributed by atoms with E-state index < -0.39 is 12.1 Å². The molecule has 0 radical (unpaired) electrons. The van der Waals surface area contributed by atoms with E-state index in [1.807, 2.05) is 35.0 Å². The first-order chi connectivity index (χ1) is 14.1. The maximum atomic E-state index is 14.6. The van der Waals surface area contributed by atoms with E-state index in [9.17, 15) is 13.9 Å². The Kier molecular flexibility index (Phi) is 5.43. The van der Waals surface area contributed by atoms with Crippen LogP contribution in [-0.4, -0.2) is 29.4 Å². The second kappa shape index (κ2) is 8.15. The second-order valence-electron chi connectivity index (χ2n) is 7.07. The fourth-order valence-corrected chi connectivity index (χ4v) is 3.91. The van der Waals surface area contributed by atoms with Gasteiger partial charge in [0, 0.05) is 34.8 Å². The molecule has 0 aliphatic rings. The summed E-state index contributed by atoms with van der Waals surface area (Å²) in [4.78, 5) is 0. The summed E-state index contributed by atoms with van der Waals surface area (Å²) in [5.41, 5.74) is 2.71. The number of para-hydroxylation sites is 1. The van der Waals surface area contributed by atoms with Crippen molar-refractivity contribution in [2.45, 2.75) is 12.1 Å². The van der Waals surface area contributed by atoms with Crippen LogP contribution in [0.1, 0.15) is 11.6 Å². The lowest BCUT2D eigenvalue weighted by Gasteiger charge is -2.26. The van der Waals surface area contributed by atoms with Crippen molar-refractivity contribution in [2.75, 3.05) is 13.6 Å². The van der Waals surface area contributed by atoms with Crippen molar-refractivity contribution in [3.05, 3.63) is 96.2 Å². The SMILES string of the molecule is CNC[C@@H](O)[C@H](c1cccc(F)c1)n1cc(-c2ccccc2F)c2ccccc21. The van der Waals surface area contributed by atoms with E-state index in [1.165, 1.54) is 18.2 Å². The predicted octanol–water partition coefficient (Wildman–Crippen LogP) is 4.76. The van der Waals surface area contributed by atoms with Gasteiger partial charge in [0.05, 0.1) is 12.1 Å². The van der Waals surface area contributed by atoms with Crippen LogP contribution in [0.25, 0.3) is 22.0 Å². The molecule has 1 aromatic heterocycles. The van der Waals surface area contributed by atoms with Crippen molar-refractivity contribution < 1.29 is 13.9 Å². The van der Waals surface area contributed by atoms with Crippen LogP contribution in [0.4, 0.5) is 8.78 Å². The van der Waals surface area contributed by atoms with Crippen molar-refractivity contribution in [1.29, 1.82) is 0 Å². The molecule has 3 aromatic carbocycles. The summed E-state index contributed by atoms with van der Waals surface area (Å²) in [7, 11) is 1.75. The second-order valence-corrected chi connectivity index (χ2v) is 7.07. The largest absolute Gasteiger partial charge is 0.389 e. The average molecular weight is 392 g/mol. The normalized spacial score (nSPS) is 13.5. The summed E-state index contributed by atoms with van der Waals surface area (Å²) in [6.45, 7) is 0.322. The smallest absolute Gasteiger partial charge is 0.131 e. The lowest BCUT2D eigenvalue weighted by molar-refractivity contribution is 0.132. The van der Waals surface area contributed by atoms with Gasteiger partial charge in [0.25, 0.3) is 0 Å². The van der Waals surface area contributed by atoms with E-state index >= 15 is 0 Å². The maximum absolute atomic E-state index is 14.6. The van der Waals surface area contributed by atoms with E-state index in [-0.39, 0.29) is 11.6 Å². The Hall–Kier alpha value is -3.02. The lowest BCUT2D eigenvalue weighted by Crippen LogP contribution is -2.33. The molecule has 148 valence electrons. The number of aromatic nitrogens is 1. The number of benzene rings is 3. The number of halogens is 2. The molecule has 0 aliphatic heterocycles. The molecule has 0 saturated carbocycles. The fourth-order valence-electron chi connectivity index (χ4n) is 3.91. The predicted molar refractivity (Wildman–Crippen MR) is 112 cm³/mol. The Morgan fingerprint density at radius 1 is 0.931 bits per heavy atom. The minimum absolute atomic E-state index is 0.312. The molecule has 0 fully saturated rings. The van der Waals surface area contributed by atoms with E-state index in [1.54, 1.807) is 37.4 Å². The molecule has 0 bridgehead atoms. The van der Waals surface area contributed by atoms with Crippen LogP contribution in [0.5, 0.6) is 0 Å². The van der Waals surface area contributed by atoms with Gasteiger partial charge in [-0.2, -0.15) is 0 Å². The zero-order valence-electron chi connectivity index (χ0n) is 16.0. The summed E-state index contributed by atoms with van der Waals surface area (Å²) in [5, 5.41) is 14.8. The first-order valence-corrected chi connectivity index (χ1v) is 9.52. The van der Waals surface area contributed by atoms with Gasteiger partial charge in [-0.1, -0.05) is 48.5 Å². The summed E-state index contributed by atoms with van der Waals surface area (Å²) >= 11 is 0. The first-order valence-electron chi connectivity index (χ1n) is 9.52. The number of fused-ring (bicyclic) bond motifs is 1. The number of likely N-dealkylation sites (N-methyl/N-ethyl adjacent to an activating group) is 1. The van der Waals surface area contributed by atoms with Crippen LogP contribution >= 0.6 is 0 Å². The van der Waals surface area contributed by atoms with Crippen LogP contribution in [-0.2, 0) is 0 Å². The zero-order valence-corrected chi connectivity index (χ0v) is 16.0. The molecule has 5 heteroatoms. The van der Waals surface area contributed by atoms with Crippen LogP contribution in [0.15, 0.2) is 79.0 Å². The van der Waals surface area contributed by atoms with Gasteiger partial charge in [0.2, 0.25) is 0 Å². The Morgan fingerprint density at radius 3 is 2.45 bits per heavy atom. The summed E-state index contributed by atoms with van der Waals surface area (Å²) < 4.78 is 30.4. The third kappa shape index (κ3) is 3.67. The highest BCUT2D eigenvalue weighted by molar-refractivity contribution is 5.96. The van der Waals surface area contributed by atoms with E-state index in [2.05, 4.69) is 5.32 Å². The molecular formula is C24H22F2N2O. The molecule has 0 unspecified atom stereocenters. The van der Waals surface area contributed by atoms with Gasteiger partial charge in [-0.15, -0.1) is 0 Å². The quantitative estimate of drug-likeness (QED) is 0.497. The Bertz CT molecular complexity index is 1140. The molecule has 1 heterocycles. The van der Waals surface area contributed by atoms with E-state index in [4.69, 9.17) is 0 Å². The van der Waals surface area contributed by atoms with Crippen molar-refractivity contribution in [1.82, 2.24) is 9.88 Å². The number of rotatable bonds is 6. The van der Waals surface area contributed by atoms with Crippen molar-refractivity contribution >= 4 is 10.9 Å². The van der Waals surface area contributed by atoms with Gasteiger partial charge in [0.1, 0.15) is 11.6 Å². The Balaban J connectivity index is 1.96. The monoisotopic (exact) mass is 392 g/mol. The number of aliphatic hydroxyl groups is 1. The van der Waals surface area contributed by atoms with Crippen molar-refractivity contribution in [2.24, 2.45) is 0 Å².